The van der Waals surface area contributed by atoms with Gasteiger partial charge in [-0.25, -0.2) is 9.79 Å². The summed E-state index contributed by atoms with van der Waals surface area (Å²) in [6, 6.07) is 29.5. The lowest BCUT2D eigenvalue weighted by atomic mass is 9.93. The van der Waals surface area contributed by atoms with Crippen molar-refractivity contribution in [2.45, 2.75) is 24.5 Å². The van der Waals surface area contributed by atoms with Crippen molar-refractivity contribution in [3.05, 3.63) is 149 Å². The molecule has 0 saturated carbocycles. The minimum Gasteiger partial charge on any atom is -0.493 e. The Morgan fingerprint density at radius 3 is 2.47 bits per heavy atom. The summed E-state index contributed by atoms with van der Waals surface area (Å²) in [7, 11) is 1.55. The molecule has 5 aromatic rings. The number of hydrogen-bond donors (Lipinski definition) is 0. The van der Waals surface area contributed by atoms with Crippen molar-refractivity contribution >= 4 is 56.8 Å². The van der Waals surface area contributed by atoms with E-state index in [0.29, 0.717) is 47.7 Å². The van der Waals surface area contributed by atoms with Crippen molar-refractivity contribution in [1.29, 1.82) is 5.26 Å². The Morgan fingerprint density at radius 2 is 1.82 bits per heavy atom. The third kappa shape index (κ3) is 7.13. The smallest absolute Gasteiger partial charge is 0.338 e. The molecule has 49 heavy (non-hydrogen) atoms. The lowest BCUT2D eigenvalue weighted by Crippen LogP contribution is -2.40. The highest BCUT2D eigenvalue weighted by Gasteiger charge is 2.35. The number of carbonyl (C=O) groups is 1. The lowest BCUT2D eigenvalue weighted by molar-refractivity contribution is -0.138. The minimum atomic E-state index is -0.761. The molecule has 11 heteroatoms. The number of aromatic nitrogens is 1. The largest absolute Gasteiger partial charge is 0.493 e. The Kier molecular flexibility index (Phi) is 10.5. The lowest BCUT2D eigenvalue weighted by Gasteiger charge is -2.26. The highest BCUT2D eigenvalue weighted by Crippen LogP contribution is 2.38. The number of rotatable bonds is 10. The van der Waals surface area contributed by atoms with Crippen LogP contribution >= 0.6 is 39.0 Å². The molecule has 1 aliphatic rings. The maximum Gasteiger partial charge on any atom is 0.338 e. The Bertz CT molecular complexity index is 2270. The molecular weight excluding hydrogens is 722 g/mol. The number of benzene rings is 4. The van der Waals surface area contributed by atoms with Crippen LogP contribution in [0.2, 0.25) is 0 Å². The van der Waals surface area contributed by atoms with Gasteiger partial charge in [-0.05, 0) is 88.3 Å². The summed E-state index contributed by atoms with van der Waals surface area (Å²) in [6.45, 7) is 2.20. The number of ether oxygens (including phenoxy) is 3. The predicted octanol–water partition coefficient (Wildman–Crippen LogP) is 6.88. The van der Waals surface area contributed by atoms with Crippen molar-refractivity contribution in [3.8, 4) is 17.6 Å². The van der Waals surface area contributed by atoms with Gasteiger partial charge in [-0.15, -0.1) is 11.8 Å². The van der Waals surface area contributed by atoms with Crippen LogP contribution in [0.1, 0.15) is 40.8 Å². The molecule has 8 nitrogen and oxygen atoms in total. The van der Waals surface area contributed by atoms with Crippen LogP contribution in [0.5, 0.6) is 11.5 Å². The summed E-state index contributed by atoms with van der Waals surface area (Å²) >= 11 is 6.48. The number of hydrogen-bond acceptors (Lipinski definition) is 9. The molecule has 0 spiro atoms. The van der Waals surface area contributed by atoms with Crippen molar-refractivity contribution in [1.82, 2.24) is 4.57 Å². The fraction of sp³-hybridized carbons (Fsp3) is 0.158. The van der Waals surface area contributed by atoms with Crippen molar-refractivity contribution in [2.75, 3.05) is 20.0 Å². The number of fused-ring (bicyclic) bond motifs is 1. The number of thiazole rings is 1. The van der Waals surface area contributed by atoms with Gasteiger partial charge in [0.05, 0.1) is 51.7 Å². The number of thioether (sulfide) groups is 1. The van der Waals surface area contributed by atoms with Crippen molar-refractivity contribution < 1.29 is 19.0 Å². The normalized spacial score (nSPS) is 14.1. The van der Waals surface area contributed by atoms with Gasteiger partial charge in [-0.1, -0.05) is 65.9 Å². The van der Waals surface area contributed by atoms with Crippen molar-refractivity contribution in [3.63, 3.8) is 0 Å². The van der Waals surface area contributed by atoms with Gasteiger partial charge in [0.15, 0.2) is 16.3 Å². The number of esters is 1. The van der Waals surface area contributed by atoms with Crippen LogP contribution in [0, 0.1) is 11.3 Å². The van der Waals surface area contributed by atoms with Crippen LogP contribution < -0.4 is 24.4 Å². The van der Waals surface area contributed by atoms with Gasteiger partial charge in [0.25, 0.3) is 5.56 Å². The fourth-order valence-corrected chi connectivity index (χ4v) is 7.47. The molecule has 0 unspecified atom stereocenters. The van der Waals surface area contributed by atoms with E-state index in [0.717, 1.165) is 21.6 Å². The van der Waals surface area contributed by atoms with Crippen LogP contribution in [0.15, 0.2) is 116 Å². The number of halogens is 1. The maximum absolute atomic E-state index is 14.3. The molecule has 0 fully saturated rings. The van der Waals surface area contributed by atoms with E-state index in [-0.39, 0.29) is 18.8 Å². The maximum atomic E-state index is 14.3. The first-order chi connectivity index (χ1) is 23.8. The van der Waals surface area contributed by atoms with Gasteiger partial charge in [0, 0.05) is 10.5 Å². The summed E-state index contributed by atoms with van der Waals surface area (Å²) in [4.78, 5) is 34.5. The molecule has 6 rings (SSSR count). The summed E-state index contributed by atoms with van der Waals surface area (Å²) in [5.41, 5.74) is 4.18. The van der Waals surface area contributed by atoms with Gasteiger partial charge >= 0.3 is 5.97 Å². The average Bonchev–Trinajstić information content (AvgIpc) is 3.44. The number of carbonyl (C=O) groups excluding carboxylic acids is 1. The van der Waals surface area contributed by atoms with Gasteiger partial charge in [-0.3, -0.25) is 9.36 Å². The highest BCUT2D eigenvalue weighted by molar-refractivity contribution is 9.10. The summed E-state index contributed by atoms with van der Waals surface area (Å²) in [6.07, 6.45) is 3.78. The zero-order valence-electron chi connectivity index (χ0n) is 26.8. The Labute approximate surface area is 299 Å². The van der Waals surface area contributed by atoms with Gasteiger partial charge in [0.2, 0.25) is 0 Å². The van der Waals surface area contributed by atoms with E-state index >= 15 is 0 Å². The summed E-state index contributed by atoms with van der Waals surface area (Å²) in [5.74, 6) is 0.457. The average molecular weight is 753 g/mol. The van der Waals surface area contributed by atoms with Gasteiger partial charge in [-0.2, -0.15) is 5.26 Å². The zero-order chi connectivity index (χ0) is 34.5. The van der Waals surface area contributed by atoms with Gasteiger partial charge < -0.3 is 14.2 Å². The second-order valence-corrected chi connectivity index (χ2v) is 13.6. The molecule has 246 valence electrons. The van der Waals surface area contributed by atoms with Crippen LogP contribution in [0.3, 0.4) is 0 Å². The topological polar surface area (TPSA) is 103 Å². The number of methoxy groups -OCH3 is 1. The Balaban J connectivity index is 1.47. The molecule has 1 atom stereocenters. The molecule has 1 aromatic heterocycles. The molecule has 1 aliphatic heterocycles. The predicted molar refractivity (Wildman–Crippen MR) is 195 cm³/mol. The quantitative estimate of drug-likeness (QED) is 0.113. The number of nitriles is 1. The molecule has 0 radical (unpaired) electrons. The van der Waals surface area contributed by atoms with E-state index in [1.807, 2.05) is 79.1 Å². The first-order valence-electron chi connectivity index (χ1n) is 15.3. The third-order valence-corrected chi connectivity index (χ3v) is 10.1. The first kappa shape index (κ1) is 34.0. The van der Waals surface area contributed by atoms with Crippen LogP contribution in [-0.2, 0) is 16.1 Å². The molecule has 2 heterocycles. The molecule has 0 amide bonds. The molecule has 0 bridgehead atoms. The molecule has 4 aromatic carbocycles. The summed E-state index contributed by atoms with van der Waals surface area (Å²) in [5, 5.41) is 9.08. The van der Waals surface area contributed by atoms with Crippen LogP contribution in [-0.4, -0.2) is 30.5 Å². The Morgan fingerprint density at radius 1 is 1.08 bits per heavy atom. The van der Waals surface area contributed by atoms with Gasteiger partial charge in [0.1, 0.15) is 6.61 Å². The fourth-order valence-electron chi connectivity index (χ4n) is 5.49. The van der Waals surface area contributed by atoms with E-state index in [2.05, 4.69) is 22.0 Å². The second kappa shape index (κ2) is 15.1. The van der Waals surface area contributed by atoms with E-state index < -0.39 is 12.0 Å². The second-order valence-electron chi connectivity index (χ2n) is 10.8. The first-order valence-corrected chi connectivity index (χ1v) is 18.1. The molecular formula is C38H30BrN3O5S2. The monoisotopic (exact) mass is 751 g/mol. The third-order valence-electron chi connectivity index (χ3n) is 7.82. The van der Waals surface area contributed by atoms with E-state index in [1.165, 1.54) is 11.3 Å². The highest BCUT2D eigenvalue weighted by atomic mass is 79.9. The van der Waals surface area contributed by atoms with Crippen LogP contribution in [0.4, 0.5) is 0 Å². The van der Waals surface area contributed by atoms with E-state index in [9.17, 15) is 9.59 Å². The zero-order valence-corrected chi connectivity index (χ0v) is 30.0. The Hall–Kier alpha value is -4.89. The SMILES string of the molecule is CCOC(=O)C1=C(c2ccccc2)N=c2s/c(=C\c3cc(Br)c(OCc4ccc(C#N)cc4)c(OC)c3)c(=O)n2[C@H]1c1ccc(SC)cc1. The van der Waals surface area contributed by atoms with Crippen LogP contribution in [0.25, 0.3) is 11.8 Å². The van der Waals surface area contributed by atoms with E-state index in [1.54, 1.807) is 54.6 Å². The molecule has 0 aliphatic carbocycles. The standard InChI is InChI=1S/C38H30BrN3O5S2/c1-4-46-37(44)32-33(26-8-6-5-7-9-26)41-38-42(34(32)27-14-16-28(48-3)17-15-27)36(43)31(49-38)20-25-18-29(39)35(30(19-25)45-2)47-22-24-12-10-23(21-40)11-13-24/h5-20,34H,4,22H2,1-3H3/b31-20-/t34-/m0/s1. The molecule has 0 saturated heterocycles. The van der Waals surface area contributed by atoms with Crippen molar-refractivity contribution in [2.24, 2.45) is 4.99 Å². The summed E-state index contributed by atoms with van der Waals surface area (Å²) < 4.78 is 20.0. The molecule has 0 N–H and O–H groups in total. The van der Waals surface area contributed by atoms with E-state index in [4.69, 9.17) is 24.5 Å². The minimum absolute atomic E-state index is 0.177. The number of nitrogens with zero attached hydrogens (tertiary/aromatic N) is 3.